The van der Waals surface area contributed by atoms with E-state index in [-0.39, 0.29) is 10.3 Å². The highest BCUT2D eigenvalue weighted by atomic mass is 32.2. The highest BCUT2D eigenvalue weighted by molar-refractivity contribution is 7.89. The molecule has 1 aromatic heterocycles. The molecule has 25 heavy (non-hydrogen) atoms. The fraction of sp³-hybridized carbons (Fsp3) is 0.556. The highest BCUT2D eigenvalue weighted by Crippen LogP contribution is 2.33. The van der Waals surface area contributed by atoms with Gasteiger partial charge in [0.2, 0.25) is 10.0 Å². The average Bonchev–Trinajstić information content (AvgIpc) is 2.52. The van der Waals surface area contributed by atoms with E-state index in [2.05, 4.69) is 42.4 Å². The molecule has 0 unspecified atom stereocenters. The van der Waals surface area contributed by atoms with Crippen LogP contribution in [0.25, 0.3) is 0 Å². The summed E-state index contributed by atoms with van der Waals surface area (Å²) in [6.07, 6.45) is 5.44. The largest absolute Gasteiger partial charge is 0.261 e. The van der Waals surface area contributed by atoms with E-state index in [9.17, 15) is 8.42 Å². The minimum Gasteiger partial charge on any atom is -0.261 e. The lowest BCUT2D eigenvalue weighted by atomic mass is 9.77. The summed E-state index contributed by atoms with van der Waals surface area (Å²) in [7, 11) is -3.48. The minimum absolute atomic E-state index is 0.198. The summed E-state index contributed by atoms with van der Waals surface area (Å²) in [6, 6.07) is 3.21. The Bertz CT molecular complexity index is 761. The van der Waals surface area contributed by atoms with Gasteiger partial charge in [-0.25, -0.2) is 13.4 Å². The number of rotatable bonds is 6. The predicted molar refractivity (Wildman–Crippen MR) is 102 cm³/mol. The van der Waals surface area contributed by atoms with Crippen LogP contribution in [0.3, 0.4) is 0 Å². The van der Waals surface area contributed by atoms with Crippen LogP contribution in [-0.4, -0.2) is 36.5 Å². The van der Waals surface area contributed by atoms with Crippen LogP contribution >= 0.6 is 0 Å². The lowest BCUT2D eigenvalue weighted by Gasteiger charge is -2.29. The van der Waals surface area contributed by atoms with Crippen molar-refractivity contribution in [3.8, 4) is 0 Å². The molecule has 1 heterocycles. The molecule has 6 nitrogen and oxygen atoms in total. The Hall–Kier alpha value is -1.73. The van der Waals surface area contributed by atoms with Crippen molar-refractivity contribution in [2.45, 2.75) is 52.4 Å². The van der Waals surface area contributed by atoms with Crippen LogP contribution < -0.4 is 5.43 Å². The van der Waals surface area contributed by atoms with Gasteiger partial charge in [0.15, 0.2) is 0 Å². The van der Waals surface area contributed by atoms with Gasteiger partial charge in [0.1, 0.15) is 10.7 Å². The smallest absolute Gasteiger partial charge is 0.244 e. The summed E-state index contributed by atoms with van der Waals surface area (Å²) in [5.41, 5.74) is 5.43. The summed E-state index contributed by atoms with van der Waals surface area (Å²) < 4.78 is 26.3. The molecule has 0 radical (unpaired) electrons. The number of anilines is 1. The van der Waals surface area contributed by atoms with E-state index >= 15 is 0 Å². The maximum atomic E-state index is 12.4. The molecule has 0 fully saturated rings. The molecule has 0 bridgehead atoms. The third-order valence-corrected chi connectivity index (χ3v) is 6.26. The molecule has 1 N–H and O–H groups in total. The third kappa shape index (κ3) is 4.89. The molecule has 0 saturated carbocycles. The molecule has 0 spiro atoms. The quantitative estimate of drug-likeness (QED) is 0.782. The number of allylic oxidation sites excluding steroid dienone is 2. The van der Waals surface area contributed by atoms with E-state index in [0.29, 0.717) is 18.9 Å². The SMILES string of the molecule is CCN(CC)S(=O)(=O)c1ccc(N/N=C2/C=C(C)CC(C)(C)C2)nc1. The molecule has 7 heteroatoms. The fourth-order valence-corrected chi connectivity index (χ4v) is 4.61. The van der Waals surface area contributed by atoms with Gasteiger partial charge in [-0.2, -0.15) is 9.41 Å². The Morgan fingerprint density at radius 1 is 1.24 bits per heavy atom. The number of sulfonamides is 1. The number of nitrogens with one attached hydrogen (secondary N) is 1. The summed E-state index contributed by atoms with van der Waals surface area (Å²) in [6.45, 7) is 11.1. The van der Waals surface area contributed by atoms with Crippen LogP contribution in [0, 0.1) is 5.41 Å². The monoisotopic (exact) mass is 364 g/mol. The topological polar surface area (TPSA) is 74.7 Å². The molecular weight excluding hydrogens is 336 g/mol. The molecule has 0 atom stereocenters. The van der Waals surface area contributed by atoms with Gasteiger partial charge in [0, 0.05) is 19.3 Å². The molecule has 1 aromatic rings. The van der Waals surface area contributed by atoms with Gasteiger partial charge >= 0.3 is 0 Å². The first-order chi connectivity index (χ1) is 11.7. The number of aromatic nitrogens is 1. The van der Waals surface area contributed by atoms with Crippen LogP contribution in [0.4, 0.5) is 5.82 Å². The molecule has 0 saturated heterocycles. The second kappa shape index (κ2) is 7.66. The lowest BCUT2D eigenvalue weighted by Crippen LogP contribution is -2.30. The first-order valence-corrected chi connectivity index (χ1v) is 10.1. The summed E-state index contributed by atoms with van der Waals surface area (Å²) in [4.78, 5) is 4.39. The Balaban J connectivity index is 2.14. The fourth-order valence-electron chi connectivity index (χ4n) is 3.21. The van der Waals surface area contributed by atoms with Gasteiger partial charge in [-0.1, -0.05) is 33.3 Å². The second-order valence-electron chi connectivity index (χ2n) is 7.19. The minimum atomic E-state index is -3.48. The number of hydrogen-bond acceptors (Lipinski definition) is 5. The highest BCUT2D eigenvalue weighted by Gasteiger charge is 2.25. The lowest BCUT2D eigenvalue weighted by molar-refractivity contribution is 0.373. The van der Waals surface area contributed by atoms with Crippen LogP contribution in [0.15, 0.2) is 40.0 Å². The number of nitrogens with zero attached hydrogens (tertiary/aromatic N) is 3. The Kier molecular flexibility index (Phi) is 6.00. The van der Waals surface area contributed by atoms with Crippen molar-refractivity contribution in [1.82, 2.24) is 9.29 Å². The van der Waals surface area contributed by atoms with E-state index in [0.717, 1.165) is 18.6 Å². The van der Waals surface area contributed by atoms with Crippen LogP contribution in [0.2, 0.25) is 0 Å². The van der Waals surface area contributed by atoms with Crippen molar-refractivity contribution >= 4 is 21.6 Å². The Morgan fingerprint density at radius 2 is 1.92 bits per heavy atom. The van der Waals surface area contributed by atoms with Gasteiger partial charge in [0.05, 0.1) is 5.71 Å². The normalized spacial score (nSPS) is 19.1. The van der Waals surface area contributed by atoms with Crippen LogP contribution in [0.5, 0.6) is 0 Å². The number of pyridine rings is 1. The van der Waals surface area contributed by atoms with Crippen LogP contribution in [0.1, 0.15) is 47.5 Å². The van der Waals surface area contributed by atoms with Crippen molar-refractivity contribution < 1.29 is 8.42 Å². The van der Waals surface area contributed by atoms with Crippen LogP contribution in [-0.2, 0) is 10.0 Å². The second-order valence-corrected chi connectivity index (χ2v) is 9.13. The summed E-state index contributed by atoms with van der Waals surface area (Å²) in [5, 5.41) is 4.43. The van der Waals surface area contributed by atoms with Crippen molar-refractivity contribution in [1.29, 1.82) is 0 Å². The van der Waals surface area contributed by atoms with E-state index in [1.54, 1.807) is 12.1 Å². The molecule has 138 valence electrons. The first-order valence-electron chi connectivity index (χ1n) is 8.64. The van der Waals surface area contributed by atoms with E-state index in [1.807, 2.05) is 13.8 Å². The van der Waals surface area contributed by atoms with Gasteiger partial charge in [-0.15, -0.1) is 0 Å². The maximum Gasteiger partial charge on any atom is 0.244 e. The molecule has 1 aliphatic rings. The zero-order valence-electron chi connectivity index (χ0n) is 15.7. The molecule has 0 aliphatic heterocycles. The van der Waals surface area contributed by atoms with Crippen molar-refractivity contribution in [3.63, 3.8) is 0 Å². The van der Waals surface area contributed by atoms with Crippen molar-refractivity contribution in [2.75, 3.05) is 18.5 Å². The Morgan fingerprint density at radius 3 is 2.44 bits per heavy atom. The van der Waals surface area contributed by atoms with Gasteiger partial charge in [0.25, 0.3) is 0 Å². The predicted octanol–water partition coefficient (Wildman–Crippen LogP) is 3.65. The number of hydrogen-bond donors (Lipinski definition) is 1. The standard InChI is InChI=1S/C18H28N4O2S/c1-6-22(7-2)25(23,24)16-8-9-17(19-13-16)21-20-15-10-14(3)11-18(4,5)12-15/h8-10,13H,6-7,11-12H2,1-5H3,(H,19,21)/b20-15-. The zero-order valence-corrected chi connectivity index (χ0v) is 16.5. The molecular formula is C18H28N4O2S. The van der Waals surface area contributed by atoms with E-state index in [1.165, 1.54) is 16.1 Å². The average molecular weight is 365 g/mol. The molecule has 0 aromatic carbocycles. The summed E-state index contributed by atoms with van der Waals surface area (Å²) >= 11 is 0. The Labute approximate surface area is 151 Å². The zero-order chi connectivity index (χ0) is 18.7. The maximum absolute atomic E-state index is 12.4. The molecule has 2 rings (SSSR count). The van der Waals surface area contributed by atoms with Crippen molar-refractivity contribution in [3.05, 3.63) is 30.0 Å². The van der Waals surface area contributed by atoms with Gasteiger partial charge in [-0.3, -0.25) is 5.43 Å². The first kappa shape index (κ1) is 19.6. The van der Waals surface area contributed by atoms with Crippen molar-refractivity contribution in [2.24, 2.45) is 10.5 Å². The summed E-state index contributed by atoms with van der Waals surface area (Å²) in [5.74, 6) is 0.528. The molecule has 1 aliphatic carbocycles. The number of hydrazone groups is 1. The third-order valence-electron chi connectivity index (χ3n) is 4.22. The molecule has 0 amide bonds. The van der Waals surface area contributed by atoms with E-state index < -0.39 is 10.0 Å². The van der Waals surface area contributed by atoms with E-state index in [4.69, 9.17) is 0 Å². The van der Waals surface area contributed by atoms with Gasteiger partial charge < -0.3 is 0 Å². The van der Waals surface area contributed by atoms with Gasteiger partial charge in [-0.05, 0) is 43.4 Å².